The Labute approximate surface area is 98.9 Å². The van der Waals surface area contributed by atoms with Gasteiger partial charge in [-0.05, 0) is 23.8 Å². The highest BCUT2D eigenvalue weighted by atomic mass is 19.1. The molecule has 1 heterocycles. The molecule has 2 N–H and O–H groups in total. The van der Waals surface area contributed by atoms with Gasteiger partial charge in [-0.3, -0.25) is 0 Å². The van der Waals surface area contributed by atoms with Crippen molar-refractivity contribution in [1.82, 2.24) is 4.98 Å². The van der Waals surface area contributed by atoms with Gasteiger partial charge in [0.05, 0.1) is 0 Å². The van der Waals surface area contributed by atoms with Crippen molar-refractivity contribution in [1.29, 1.82) is 0 Å². The van der Waals surface area contributed by atoms with Crippen LogP contribution in [0, 0.1) is 17.2 Å². The molecule has 4 nitrogen and oxygen atoms in total. The van der Waals surface area contributed by atoms with Crippen LogP contribution in [0.1, 0.15) is 30.6 Å². The smallest absolute Gasteiger partial charge is 0.338 e. The lowest BCUT2D eigenvalue weighted by atomic mass is 10.1. The number of nitrogens with one attached hydrogen (secondary N) is 1. The second-order valence-electron chi connectivity index (χ2n) is 5.10. The number of carboxylic acid groups (broad SMARTS) is 1. The molecule has 1 aliphatic rings. The van der Waals surface area contributed by atoms with Crippen molar-refractivity contribution < 1.29 is 14.3 Å². The monoisotopic (exact) mass is 238 g/mol. The average molecular weight is 238 g/mol. The summed E-state index contributed by atoms with van der Waals surface area (Å²) in [7, 11) is 0. The first-order valence-corrected chi connectivity index (χ1v) is 5.53. The Kier molecular flexibility index (Phi) is 2.77. The van der Waals surface area contributed by atoms with Gasteiger partial charge in [-0.25, -0.2) is 14.2 Å². The Balaban J connectivity index is 2.06. The molecule has 92 valence electrons. The first kappa shape index (κ1) is 11.8. The molecule has 2 rings (SSSR count). The van der Waals surface area contributed by atoms with E-state index in [0.29, 0.717) is 17.9 Å². The van der Waals surface area contributed by atoms with E-state index in [1.165, 1.54) is 6.20 Å². The maximum absolute atomic E-state index is 13.7. The first-order chi connectivity index (χ1) is 7.92. The Morgan fingerprint density at radius 2 is 2.35 bits per heavy atom. The van der Waals surface area contributed by atoms with Gasteiger partial charge in [0.1, 0.15) is 5.56 Å². The number of rotatable bonds is 4. The minimum absolute atomic E-state index is 0.0209. The Hall–Kier alpha value is -1.65. The quantitative estimate of drug-likeness (QED) is 0.845. The molecule has 0 bridgehead atoms. The summed E-state index contributed by atoms with van der Waals surface area (Å²) in [6.45, 7) is 4.92. The molecule has 0 radical (unpaired) electrons. The second-order valence-corrected chi connectivity index (χ2v) is 5.10. The molecule has 0 aliphatic heterocycles. The molecule has 1 fully saturated rings. The lowest BCUT2D eigenvalue weighted by Crippen LogP contribution is -2.12. The molecule has 1 aromatic rings. The van der Waals surface area contributed by atoms with Crippen LogP contribution in [-0.2, 0) is 0 Å². The van der Waals surface area contributed by atoms with Gasteiger partial charge in [0.25, 0.3) is 0 Å². The molecule has 0 aromatic carbocycles. The van der Waals surface area contributed by atoms with Crippen LogP contribution in [0.15, 0.2) is 12.3 Å². The maximum Gasteiger partial charge on any atom is 0.338 e. The van der Waals surface area contributed by atoms with Crippen molar-refractivity contribution in [3.63, 3.8) is 0 Å². The highest BCUT2D eigenvalue weighted by molar-refractivity contribution is 5.88. The van der Waals surface area contributed by atoms with Crippen molar-refractivity contribution in [2.75, 3.05) is 11.9 Å². The van der Waals surface area contributed by atoms with Crippen LogP contribution in [0.4, 0.5) is 10.2 Å². The third kappa shape index (κ3) is 2.38. The van der Waals surface area contributed by atoms with Crippen LogP contribution in [0.5, 0.6) is 0 Å². The molecule has 0 spiro atoms. The summed E-state index contributed by atoms with van der Waals surface area (Å²) in [5.74, 6) is -1.55. The van der Waals surface area contributed by atoms with E-state index in [1.54, 1.807) is 0 Å². The summed E-state index contributed by atoms with van der Waals surface area (Å²) in [4.78, 5) is 14.6. The Morgan fingerprint density at radius 3 is 2.88 bits per heavy atom. The van der Waals surface area contributed by atoms with Crippen LogP contribution in [0.2, 0.25) is 0 Å². The number of carbonyl (C=O) groups is 1. The van der Waals surface area contributed by atoms with Crippen LogP contribution in [0.25, 0.3) is 0 Å². The fourth-order valence-corrected chi connectivity index (χ4v) is 1.88. The number of carboxylic acids is 1. The van der Waals surface area contributed by atoms with Crippen LogP contribution in [-0.4, -0.2) is 22.6 Å². The number of pyridine rings is 1. The summed E-state index contributed by atoms with van der Waals surface area (Å²) < 4.78 is 13.7. The molecule has 1 unspecified atom stereocenters. The largest absolute Gasteiger partial charge is 0.478 e. The summed E-state index contributed by atoms with van der Waals surface area (Å²) in [5.41, 5.74) is -0.0500. The van der Waals surface area contributed by atoms with Crippen molar-refractivity contribution in [2.24, 2.45) is 11.3 Å². The van der Waals surface area contributed by atoms with E-state index in [-0.39, 0.29) is 11.4 Å². The maximum atomic E-state index is 13.7. The van der Waals surface area contributed by atoms with Gasteiger partial charge in [-0.1, -0.05) is 13.8 Å². The van der Waals surface area contributed by atoms with Gasteiger partial charge in [0.2, 0.25) is 0 Å². The van der Waals surface area contributed by atoms with Gasteiger partial charge >= 0.3 is 5.97 Å². The minimum atomic E-state index is -1.28. The molecule has 17 heavy (non-hydrogen) atoms. The van der Waals surface area contributed by atoms with Gasteiger partial charge in [-0.2, -0.15) is 0 Å². The van der Waals surface area contributed by atoms with Gasteiger partial charge in [0.15, 0.2) is 11.6 Å². The van der Waals surface area contributed by atoms with Crippen molar-refractivity contribution in [3.05, 3.63) is 23.6 Å². The molecular weight excluding hydrogens is 223 g/mol. The zero-order valence-electron chi connectivity index (χ0n) is 9.83. The lowest BCUT2D eigenvalue weighted by molar-refractivity contribution is 0.0692. The van der Waals surface area contributed by atoms with Gasteiger partial charge < -0.3 is 10.4 Å². The number of aromatic nitrogens is 1. The van der Waals surface area contributed by atoms with Crippen LogP contribution < -0.4 is 5.32 Å². The van der Waals surface area contributed by atoms with Gasteiger partial charge in [-0.15, -0.1) is 0 Å². The predicted octanol–water partition coefficient (Wildman–Crippen LogP) is 2.38. The fourth-order valence-electron chi connectivity index (χ4n) is 1.88. The third-order valence-corrected chi connectivity index (χ3v) is 3.35. The van der Waals surface area contributed by atoms with Crippen LogP contribution in [0.3, 0.4) is 0 Å². The van der Waals surface area contributed by atoms with Crippen LogP contribution >= 0.6 is 0 Å². The number of hydrogen-bond acceptors (Lipinski definition) is 3. The van der Waals surface area contributed by atoms with Crippen molar-refractivity contribution >= 4 is 11.8 Å². The summed E-state index contributed by atoms with van der Waals surface area (Å²) in [6, 6.07) is 1.16. The standard InChI is InChI=1S/C12H15FN2O2/c1-12(2)5-7(12)6-15-10-9(13)8(11(16)17)3-4-14-10/h3-4,7H,5-6H2,1-2H3,(H,14,15)(H,16,17). The summed E-state index contributed by atoms with van der Waals surface area (Å²) in [5, 5.41) is 11.6. The highest BCUT2D eigenvalue weighted by Crippen LogP contribution is 2.51. The Bertz CT molecular complexity index is 460. The zero-order valence-corrected chi connectivity index (χ0v) is 9.83. The average Bonchev–Trinajstić information content (AvgIpc) is 2.84. The molecule has 1 aromatic heterocycles. The molecular formula is C12H15FN2O2. The van der Waals surface area contributed by atoms with Crippen molar-refractivity contribution in [2.45, 2.75) is 20.3 Å². The number of halogens is 1. The second kappa shape index (κ2) is 3.98. The summed E-state index contributed by atoms with van der Waals surface area (Å²) >= 11 is 0. The zero-order chi connectivity index (χ0) is 12.6. The number of hydrogen-bond donors (Lipinski definition) is 2. The minimum Gasteiger partial charge on any atom is -0.478 e. The number of aromatic carboxylic acids is 1. The van der Waals surface area contributed by atoms with E-state index >= 15 is 0 Å². The Morgan fingerprint density at radius 1 is 1.71 bits per heavy atom. The van der Waals surface area contributed by atoms with E-state index in [0.717, 1.165) is 12.5 Å². The first-order valence-electron chi connectivity index (χ1n) is 5.53. The van der Waals surface area contributed by atoms with E-state index in [2.05, 4.69) is 24.1 Å². The normalized spacial score (nSPS) is 21.0. The fraction of sp³-hybridized carbons (Fsp3) is 0.500. The number of anilines is 1. The SMILES string of the molecule is CC1(C)CC1CNc1nccc(C(=O)O)c1F. The molecule has 1 atom stereocenters. The molecule has 1 saturated carbocycles. The van der Waals surface area contributed by atoms with Gasteiger partial charge in [0, 0.05) is 12.7 Å². The van der Waals surface area contributed by atoms with Crippen molar-refractivity contribution in [3.8, 4) is 0 Å². The third-order valence-electron chi connectivity index (χ3n) is 3.35. The number of nitrogens with zero attached hydrogens (tertiary/aromatic N) is 1. The van der Waals surface area contributed by atoms with E-state index in [4.69, 9.17) is 5.11 Å². The lowest BCUT2D eigenvalue weighted by Gasteiger charge is -2.08. The summed E-state index contributed by atoms with van der Waals surface area (Å²) in [6.07, 6.45) is 2.40. The van der Waals surface area contributed by atoms with E-state index in [9.17, 15) is 9.18 Å². The predicted molar refractivity (Wildman–Crippen MR) is 61.5 cm³/mol. The highest BCUT2D eigenvalue weighted by Gasteiger charge is 2.45. The molecule has 0 amide bonds. The van der Waals surface area contributed by atoms with E-state index in [1.807, 2.05) is 0 Å². The topological polar surface area (TPSA) is 62.2 Å². The van der Waals surface area contributed by atoms with E-state index < -0.39 is 11.8 Å². The molecule has 1 aliphatic carbocycles. The molecule has 5 heteroatoms. The molecule has 0 saturated heterocycles.